The molecule has 2 unspecified atom stereocenters. The molecule has 1 aromatic heterocycles. The average molecular weight is 298 g/mol. The number of hydrogen-bond donors (Lipinski definition) is 2. The minimum absolute atomic E-state index is 0.448. The third-order valence-electron chi connectivity index (χ3n) is 3.86. The van der Waals surface area contributed by atoms with Gasteiger partial charge in [-0.05, 0) is 19.5 Å². The lowest BCUT2D eigenvalue weighted by atomic mass is 10.2. The molecule has 1 aromatic rings. The topological polar surface area (TPSA) is 82.7 Å². The van der Waals surface area contributed by atoms with E-state index in [2.05, 4.69) is 28.6 Å². The van der Waals surface area contributed by atoms with E-state index in [1.165, 1.54) is 11.3 Å². The standard InChI is InChI=1S/C13H22N4O2S/c1-3-16(4-2)9-5-6-17(7-9)13-15-10(8-20-13)11(14)12(18)19/h8-9,11H,3-7,14H2,1-2H3,(H,18,19). The fraction of sp³-hybridized carbons (Fsp3) is 0.692. The fourth-order valence-corrected chi connectivity index (χ4v) is 3.54. The Morgan fingerprint density at radius 1 is 1.65 bits per heavy atom. The van der Waals surface area contributed by atoms with Crippen LogP contribution in [0.4, 0.5) is 5.13 Å². The lowest BCUT2D eigenvalue weighted by Gasteiger charge is -2.25. The zero-order chi connectivity index (χ0) is 14.7. The fourth-order valence-electron chi connectivity index (χ4n) is 2.64. The van der Waals surface area contributed by atoms with E-state index < -0.39 is 12.0 Å². The van der Waals surface area contributed by atoms with Crippen LogP contribution in [-0.2, 0) is 4.79 Å². The second kappa shape index (κ2) is 6.51. The normalized spacial score (nSPS) is 20.6. The SMILES string of the molecule is CCN(CC)C1CCN(c2nc(C(N)C(=O)O)cs2)C1. The Labute approximate surface area is 123 Å². The summed E-state index contributed by atoms with van der Waals surface area (Å²) >= 11 is 1.47. The van der Waals surface area contributed by atoms with Gasteiger partial charge in [0.25, 0.3) is 0 Å². The van der Waals surface area contributed by atoms with Crippen molar-refractivity contribution >= 4 is 22.4 Å². The maximum Gasteiger partial charge on any atom is 0.326 e. The minimum atomic E-state index is -1.04. The molecule has 1 fully saturated rings. The second-order valence-electron chi connectivity index (χ2n) is 4.98. The lowest BCUT2D eigenvalue weighted by Crippen LogP contribution is -2.37. The van der Waals surface area contributed by atoms with Gasteiger partial charge in [-0.1, -0.05) is 13.8 Å². The molecular weight excluding hydrogens is 276 g/mol. The molecule has 2 atom stereocenters. The summed E-state index contributed by atoms with van der Waals surface area (Å²) in [4.78, 5) is 19.9. The molecule has 0 saturated carbocycles. The van der Waals surface area contributed by atoms with Gasteiger partial charge in [-0.15, -0.1) is 11.3 Å². The molecule has 0 amide bonds. The maximum absolute atomic E-state index is 10.9. The van der Waals surface area contributed by atoms with Crippen LogP contribution in [-0.4, -0.2) is 53.2 Å². The van der Waals surface area contributed by atoms with Crippen molar-refractivity contribution in [2.24, 2.45) is 5.73 Å². The molecule has 0 spiro atoms. The summed E-state index contributed by atoms with van der Waals surface area (Å²) in [6.45, 7) is 8.40. The molecular formula is C13H22N4O2S. The Bertz CT molecular complexity index is 461. The Kier molecular flexibility index (Phi) is 4.95. The van der Waals surface area contributed by atoms with Crippen LogP contribution >= 0.6 is 11.3 Å². The third-order valence-corrected chi connectivity index (χ3v) is 4.78. The van der Waals surface area contributed by atoms with E-state index in [1.54, 1.807) is 5.38 Å². The van der Waals surface area contributed by atoms with E-state index in [0.29, 0.717) is 11.7 Å². The molecule has 1 aliphatic heterocycles. The van der Waals surface area contributed by atoms with Crippen molar-refractivity contribution in [3.05, 3.63) is 11.1 Å². The molecule has 1 aliphatic rings. The first-order chi connectivity index (χ1) is 9.56. The molecule has 3 N–H and O–H groups in total. The van der Waals surface area contributed by atoms with E-state index in [0.717, 1.165) is 37.7 Å². The van der Waals surface area contributed by atoms with Gasteiger partial charge in [-0.25, -0.2) is 4.98 Å². The Balaban J connectivity index is 2.02. The Morgan fingerprint density at radius 3 is 2.95 bits per heavy atom. The summed E-state index contributed by atoms with van der Waals surface area (Å²) in [5, 5.41) is 11.5. The number of nitrogens with two attached hydrogens (primary N) is 1. The second-order valence-corrected chi connectivity index (χ2v) is 5.82. The van der Waals surface area contributed by atoms with Crippen LogP contribution in [0.2, 0.25) is 0 Å². The largest absolute Gasteiger partial charge is 0.480 e. The number of hydrogen-bond acceptors (Lipinski definition) is 6. The third kappa shape index (κ3) is 3.11. The van der Waals surface area contributed by atoms with Crippen LogP contribution in [0.25, 0.3) is 0 Å². The zero-order valence-corrected chi connectivity index (χ0v) is 12.8. The van der Waals surface area contributed by atoms with Crippen molar-refractivity contribution in [1.29, 1.82) is 0 Å². The van der Waals surface area contributed by atoms with Crippen molar-refractivity contribution < 1.29 is 9.90 Å². The van der Waals surface area contributed by atoms with Gasteiger partial charge in [-0.3, -0.25) is 9.69 Å². The number of carboxylic acids is 1. The highest BCUT2D eigenvalue weighted by atomic mass is 32.1. The summed E-state index contributed by atoms with van der Waals surface area (Å²) in [5.74, 6) is -1.04. The maximum atomic E-state index is 10.9. The van der Waals surface area contributed by atoms with Crippen molar-refractivity contribution in [2.75, 3.05) is 31.1 Å². The van der Waals surface area contributed by atoms with E-state index in [1.807, 2.05) is 0 Å². The molecule has 112 valence electrons. The molecule has 20 heavy (non-hydrogen) atoms. The number of aromatic nitrogens is 1. The van der Waals surface area contributed by atoms with Gasteiger partial charge < -0.3 is 15.7 Å². The molecule has 0 aromatic carbocycles. The highest BCUT2D eigenvalue weighted by Crippen LogP contribution is 2.28. The highest BCUT2D eigenvalue weighted by Gasteiger charge is 2.28. The number of anilines is 1. The van der Waals surface area contributed by atoms with E-state index in [-0.39, 0.29) is 0 Å². The van der Waals surface area contributed by atoms with Crippen molar-refractivity contribution in [3.63, 3.8) is 0 Å². The van der Waals surface area contributed by atoms with Gasteiger partial charge in [0.05, 0.1) is 5.69 Å². The predicted octanol–water partition coefficient (Wildman–Crippen LogP) is 1.15. The number of carbonyl (C=O) groups is 1. The summed E-state index contributed by atoms with van der Waals surface area (Å²) in [6, 6.07) is -0.466. The van der Waals surface area contributed by atoms with Gasteiger partial charge in [0.1, 0.15) is 6.04 Å². The summed E-state index contributed by atoms with van der Waals surface area (Å²) in [7, 11) is 0. The Hall–Kier alpha value is -1.18. The Morgan fingerprint density at radius 2 is 2.35 bits per heavy atom. The van der Waals surface area contributed by atoms with Crippen LogP contribution in [0.5, 0.6) is 0 Å². The molecule has 1 saturated heterocycles. The molecule has 2 heterocycles. The number of aliphatic carboxylic acids is 1. The van der Waals surface area contributed by atoms with Crippen molar-refractivity contribution in [2.45, 2.75) is 32.4 Å². The number of rotatable bonds is 6. The molecule has 0 radical (unpaired) electrons. The van der Waals surface area contributed by atoms with Gasteiger partial charge >= 0.3 is 5.97 Å². The average Bonchev–Trinajstić information content (AvgIpc) is 3.07. The highest BCUT2D eigenvalue weighted by molar-refractivity contribution is 7.13. The first kappa shape index (κ1) is 15.2. The van der Waals surface area contributed by atoms with E-state index in [9.17, 15) is 4.79 Å². The smallest absolute Gasteiger partial charge is 0.326 e. The first-order valence-electron chi connectivity index (χ1n) is 6.99. The van der Waals surface area contributed by atoms with Crippen molar-refractivity contribution in [3.8, 4) is 0 Å². The lowest BCUT2D eigenvalue weighted by molar-refractivity contribution is -0.138. The van der Waals surface area contributed by atoms with Gasteiger partial charge in [0.2, 0.25) is 0 Å². The van der Waals surface area contributed by atoms with Crippen molar-refractivity contribution in [1.82, 2.24) is 9.88 Å². The molecule has 7 heteroatoms. The number of carboxylic acid groups (broad SMARTS) is 1. The molecule has 2 rings (SSSR count). The van der Waals surface area contributed by atoms with Crippen LogP contribution in [0.3, 0.4) is 0 Å². The molecule has 6 nitrogen and oxygen atoms in total. The molecule has 0 bridgehead atoms. The quantitative estimate of drug-likeness (QED) is 0.820. The minimum Gasteiger partial charge on any atom is -0.480 e. The van der Waals surface area contributed by atoms with Crippen LogP contribution < -0.4 is 10.6 Å². The summed E-state index contributed by atoms with van der Waals surface area (Å²) in [5.41, 5.74) is 6.03. The van der Waals surface area contributed by atoms with E-state index in [4.69, 9.17) is 10.8 Å². The predicted molar refractivity (Wildman–Crippen MR) is 80.2 cm³/mol. The number of nitrogens with zero attached hydrogens (tertiary/aromatic N) is 3. The van der Waals surface area contributed by atoms with E-state index >= 15 is 0 Å². The van der Waals surface area contributed by atoms with Gasteiger partial charge in [0.15, 0.2) is 5.13 Å². The van der Waals surface area contributed by atoms with Gasteiger partial charge in [0, 0.05) is 24.5 Å². The molecule has 0 aliphatic carbocycles. The van der Waals surface area contributed by atoms with Crippen LogP contribution in [0.15, 0.2) is 5.38 Å². The number of thiazole rings is 1. The monoisotopic (exact) mass is 298 g/mol. The van der Waals surface area contributed by atoms with Crippen LogP contribution in [0.1, 0.15) is 32.0 Å². The van der Waals surface area contributed by atoms with Gasteiger partial charge in [-0.2, -0.15) is 0 Å². The zero-order valence-electron chi connectivity index (χ0n) is 12.0. The summed E-state index contributed by atoms with van der Waals surface area (Å²) < 4.78 is 0. The first-order valence-corrected chi connectivity index (χ1v) is 7.87. The number of likely N-dealkylation sites (N-methyl/N-ethyl adjacent to an activating group) is 1. The summed E-state index contributed by atoms with van der Waals surface area (Å²) in [6.07, 6.45) is 1.13. The van der Waals surface area contributed by atoms with Crippen LogP contribution in [0, 0.1) is 0 Å².